The summed E-state index contributed by atoms with van der Waals surface area (Å²) in [5.74, 6) is 0. The molecule has 0 spiro atoms. The number of fused-ring (bicyclic) bond motifs is 3. The number of anilines is 6. The van der Waals surface area contributed by atoms with Crippen LogP contribution in [-0.2, 0) is 0 Å². The minimum absolute atomic E-state index is 1.05. The molecule has 0 bridgehead atoms. The molecule has 202 valence electrons. The second-order valence-corrected chi connectivity index (χ2v) is 11.0. The molecule has 0 aromatic heterocycles. The van der Waals surface area contributed by atoms with Gasteiger partial charge in [0.25, 0.3) is 0 Å². The number of rotatable bonds is 6. The zero-order chi connectivity index (χ0) is 28.6. The average molecular weight is 541 g/mol. The summed E-state index contributed by atoms with van der Waals surface area (Å²) < 4.78 is 0. The number of benzene rings is 6. The van der Waals surface area contributed by atoms with E-state index in [1.165, 1.54) is 33.4 Å². The molecular weight excluding hydrogens is 508 g/mol. The molecule has 7 rings (SSSR count). The molecule has 1 aliphatic rings. The lowest BCUT2D eigenvalue weighted by Crippen LogP contribution is -2.10. The average Bonchev–Trinajstić information content (AvgIpc) is 3.31. The van der Waals surface area contributed by atoms with E-state index in [4.69, 9.17) is 0 Å². The fraction of sp³-hybridized carbons (Fsp3) is 0.0500. The van der Waals surface area contributed by atoms with Gasteiger partial charge in [-0.15, -0.1) is 0 Å². The molecule has 0 saturated carbocycles. The lowest BCUT2D eigenvalue weighted by Gasteiger charge is -2.26. The van der Waals surface area contributed by atoms with E-state index in [0.717, 1.165) is 39.7 Å². The highest BCUT2D eigenvalue weighted by Crippen LogP contribution is 2.48. The molecule has 0 unspecified atom stereocenters. The van der Waals surface area contributed by atoms with Gasteiger partial charge in [0, 0.05) is 34.1 Å². The topological polar surface area (TPSA) is 6.48 Å². The van der Waals surface area contributed by atoms with Crippen LogP contribution < -0.4 is 9.80 Å². The molecule has 6 aromatic carbocycles. The van der Waals surface area contributed by atoms with Gasteiger partial charge in [-0.25, -0.2) is 0 Å². The van der Waals surface area contributed by atoms with Crippen LogP contribution in [0.3, 0.4) is 0 Å². The zero-order valence-corrected chi connectivity index (χ0v) is 24.0. The normalized spacial score (nSPS) is 11.6. The first-order chi connectivity index (χ1) is 20.6. The molecule has 0 saturated heterocycles. The third kappa shape index (κ3) is 4.57. The summed E-state index contributed by atoms with van der Waals surface area (Å²) >= 11 is 0. The van der Waals surface area contributed by atoms with Crippen molar-refractivity contribution in [3.05, 3.63) is 174 Å². The molecule has 6 aromatic rings. The first kappa shape index (κ1) is 25.6. The molecule has 0 radical (unpaired) electrons. The molecule has 0 heterocycles. The first-order valence-corrected chi connectivity index (χ1v) is 14.4. The lowest BCUT2D eigenvalue weighted by molar-refractivity contribution is 1.27. The summed E-state index contributed by atoms with van der Waals surface area (Å²) in [6.45, 7) is 8.86. The molecule has 0 N–H and O–H groups in total. The van der Waals surface area contributed by atoms with Crippen molar-refractivity contribution in [2.45, 2.75) is 13.8 Å². The van der Waals surface area contributed by atoms with Crippen LogP contribution in [0.15, 0.2) is 152 Å². The molecule has 0 fully saturated rings. The molecule has 0 atom stereocenters. The van der Waals surface area contributed by atoms with Crippen molar-refractivity contribution in [3.8, 4) is 11.1 Å². The number of nitrogens with zero attached hydrogens (tertiary/aromatic N) is 2. The highest BCUT2D eigenvalue weighted by atomic mass is 15.1. The predicted octanol–water partition coefficient (Wildman–Crippen LogP) is 11.3. The van der Waals surface area contributed by atoms with Crippen LogP contribution in [0.25, 0.3) is 16.7 Å². The Balaban J connectivity index is 1.31. The van der Waals surface area contributed by atoms with E-state index in [1.54, 1.807) is 0 Å². The van der Waals surface area contributed by atoms with Crippen LogP contribution in [0.1, 0.15) is 22.3 Å². The van der Waals surface area contributed by atoms with E-state index in [2.05, 4.69) is 176 Å². The van der Waals surface area contributed by atoms with Crippen molar-refractivity contribution in [3.63, 3.8) is 0 Å². The molecule has 0 aliphatic heterocycles. The fourth-order valence-electron chi connectivity index (χ4n) is 5.89. The molecule has 2 nitrogen and oxygen atoms in total. The Bertz CT molecular complexity index is 1750. The Morgan fingerprint density at radius 1 is 0.357 bits per heavy atom. The predicted molar refractivity (Wildman–Crippen MR) is 179 cm³/mol. The van der Waals surface area contributed by atoms with E-state index < -0.39 is 0 Å². The van der Waals surface area contributed by atoms with Crippen molar-refractivity contribution in [1.29, 1.82) is 0 Å². The number of aryl methyl sites for hydroxylation is 2. The number of para-hydroxylation sites is 2. The van der Waals surface area contributed by atoms with Gasteiger partial charge >= 0.3 is 0 Å². The minimum atomic E-state index is 1.05. The second-order valence-electron chi connectivity index (χ2n) is 11.0. The summed E-state index contributed by atoms with van der Waals surface area (Å²) in [6.07, 6.45) is 0. The lowest BCUT2D eigenvalue weighted by atomic mass is 10.0. The van der Waals surface area contributed by atoms with Gasteiger partial charge in [-0.3, -0.25) is 0 Å². The minimum Gasteiger partial charge on any atom is -0.310 e. The molecule has 42 heavy (non-hydrogen) atoms. The maximum absolute atomic E-state index is 4.61. The van der Waals surface area contributed by atoms with Gasteiger partial charge in [0.1, 0.15) is 0 Å². The monoisotopic (exact) mass is 540 g/mol. The largest absolute Gasteiger partial charge is 0.310 e. The third-order valence-electron chi connectivity index (χ3n) is 8.08. The van der Waals surface area contributed by atoms with Gasteiger partial charge in [0.2, 0.25) is 0 Å². The molecule has 2 heteroatoms. The Morgan fingerprint density at radius 3 is 1.07 bits per heavy atom. The van der Waals surface area contributed by atoms with Crippen LogP contribution in [0.4, 0.5) is 34.1 Å². The highest BCUT2D eigenvalue weighted by molar-refractivity contribution is 6.03. The summed E-state index contributed by atoms with van der Waals surface area (Å²) in [5.41, 5.74) is 15.1. The second kappa shape index (κ2) is 10.6. The summed E-state index contributed by atoms with van der Waals surface area (Å²) in [4.78, 5) is 4.63. The Morgan fingerprint density at radius 2 is 0.690 bits per heavy atom. The standard InChI is InChI=1S/C40H32N2/c1-28-14-18-33(19-15-28)41(31-10-6-4-7-11-31)35-22-24-37-38-25-23-36(27-40(38)30(3)39(37)26-35)42(32-12-8-5-9-13-32)34-20-16-29(2)17-21-34/h4-27H,3H2,1-2H3. The third-order valence-corrected chi connectivity index (χ3v) is 8.08. The molecule has 1 aliphatic carbocycles. The van der Waals surface area contributed by atoms with Gasteiger partial charge in [-0.05, 0) is 114 Å². The summed E-state index contributed by atoms with van der Waals surface area (Å²) in [7, 11) is 0. The highest BCUT2D eigenvalue weighted by Gasteiger charge is 2.25. The van der Waals surface area contributed by atoms with Gasteiger partial charge < -0.3 is 9.80 Å². The Kier molecular flexibility index (Phi) is 6.45. The maximum Gasteiger partial charge on any atom is 0.0468 e. The van der Waals surface area contributed by atoms with Crippen molar-refractivity contribution in [2.24, 2.45) is 0 Å². The van der Waals surface area contributed by atoms with Gasteiger partial charge in [-0.2, -0.15) is 0 Å². The van der Waals surface area contributed by atoms with Crippen molar-refractivity contribution >= 4 is 39.7 Å². The number of hydrogen-bond acceptors (Lipinski definition) is 2. The molecule has 0 amide bonds. The number of hydrogen-bond donors (Lipinski definition) is 0. The SMILES string of the molecule is C=C1c2cc(N(c3ccccc3)c3ccc(C)cc3)ccc2-c2ccc(N(c3ccccc3)c3ccc(C)cc3)cc21. The molecular formula is C40H32N2. The quantitative estimate of drug-likeness (QED) is 0.207. The van der Waals surface area contributed by atoms with E-state index in [9.17, 15) is 0 Å². The smallest absolute Gasteiger partial charge is 0.0468 e. The summed E-state index contributed by atoms with van der Waals surface area (Å²) in [6, 6.07) is 52.1. The van der Waals surface area contributed by atoms with Crippen molar-refractivity contribution < 1.29 is 0 Å². The van der Waals surface area contributed by atoms with Crippen molar-refractivity contribution in [2.75, 3.05) is 9.80 Å². The fourth-order valence-corrected chi connectivity index (χ4v) is 5.89. The Labute approximate surface area is 248 Å². The van der Waals surface area contributed by atoms with E-state index in [0.29, 0.717) is 0 Å². The zero-order valence-electron chi connectivity index (χ0n) is 24.0. The maximum atomic E-state index is 4.61. The van der Waals surface area contributed by atoms with E-state index >= 15 is 0 Å². The van der Waals surface area contributed by atoms with Crippen molar-refractivity contribution in [1.82, 2.24) is 0 Å². The van der Waals surface area contributed by atoms with Crippen LogP contribution in [-0.4, -0.2) is 0 Å². The van der Waals surface area contributed by atoms with Crippen LogP contribution in [0.2, 0.25) is 0 Å². The summed E-state index contributed by atoms with van der Waals surface area (Å²) in [5, 5.41) is 0. The van der Waals surface area contributed by atoms with E-state index in [-0.39, 0.29) is 0 Å². The van der Waals surface area contributed by atoms with Crippen LogP contribution >= 0.6 is 0 Å². The Hall–Kier alpha value is -5.34. The first-order valence-electron chi connectivity index (χ1n) is 14.4. The van der Waals surface area contributed by atoms with Gasteiger partial charge in [-0.1, -0.05) is 90.5 Å². The van der Waals surface area contributed by atoms with E-state index in [1.807, 2.05) is 0 Å². The van der Waals surface area contributed by atoms with Crippen LogP contribution in [0, 0.1) is 13.8 Å². The van der Waals surface area contributed by atoms with Gasteiger partial charge in [0.15, 0.2) is 0 Å². The van der Waals surface area contributed by atoms with Crippen LogP contribution in [0.5, 0.6) is 0 Å². The van der Waals surface area contributed by atoms with Gasteiger partial charge in [0.05, 0.1) is 0 Å².